The Kier molecular flexibility index (Phi) is 2.73. The fourth-order valence-electron chi connectivity index (χ4n) is 1.12. The molecule has 1 fully saturated rings. The highest BCUT2D eigenvalue weighted by Gasteiger charge is 2.25. The molecule has 1 unspecified atom stereocenters. The first-order valence-corrected chi connectivity index (χ1v) is 5.94. The van der Waals surface area contributed by atoms with E-state index in [0.29, 0.717) is 5.75 Å². The highest BCUT2D eigenvalue weighted by atomic mass is 32.2. The average molecular weight is 203 g/mol. The van der Waals surface area contributed by atoms with Crippen LogP contribution in [0.4, 0.5) is 0 Å². The SMILES string of the molecule is O=C1CSC(C2CSCCO2)=N1. The molecule has 2 aliphatic rings. The van der Waals surface area contributed by atoms with Crippen molar-refractivity contribution in [2.45, 2.75) is 6.10 Å². The first-order valence-electron chi connectivity index (χ1n) is 3.80. The quantitative estimate of drug-likeness (QED) is 0.631. The third-order valence-corrected chi connectivity index (χ3v) is 3.70. The standard InChI is InChI=1S/C7H9NO2S2/c9-6-4-12-7(8-6)5-3-11-2-1-10-5/h5H,1-4H2. The van der Waals surface area contributed by atoms with Crippen LogP contribution >= 0.6 is 23.5 Å². The Bertz CT molecular complexity index is 223. The third-order valence-electron chi connectivity index (χ3n) is 1.67. The molecule has 2 aliphatic heterocycles. The van der Waals surface area contributed by atoms with E-state index in [1.54, 1.807) is 0 Å². The molecule has 1 atom stereocenters. The van der Waals surface area contributed by atoms with Crippen molar-refractivity contribution in [1.82, 2.24) is 0 Å². The number of carbonyl (C=O) groups excluding carboxylic acids is 1. The van der Waals surface area contributed by atoms with E-state index < -0.39 is 0 Å². The van der Waals surface area contributed by atoms with Crippen LogP contribution in [0, 0.1) is 0 Å². The maximum absolute atomic E-state index is 10.8. The predicted molar refractivity (Wildman–Crippen MR) is 52.0 cm³/mol. The second-order valence-corrected chi connectivity index (χ2v) is 4.71. The summed E-state index contributed by atoms with van der Waals surface area (Å²) in [5.41, 5.74) is 0. The number of aliphatic imine (C=N–C) groups is 1. The van der Waals surface area contributed by atoms with E-state index in [-0.39, 0.29) is 12.0 Å². The summed E-state index contributed by atoms with van der Waals surface area (Å²) < 4.78 is 5.49. The van der Waals surface area contributed by atoms with E-state index in [2.05, 4.69) is 4.99 Å². The third kappa shape index (κ3) is 1.84. The van der Waals surface area contributed by atoms with Crippen LogP contribution in [-0.4, -0.2) is 40.9 Å². The summed E-state index contributed by atoms with van der Waals surface area (Å²) in [5.74, 6) is 2.48. The number of rotatable bonds is 1. The molecule has 2 rings (SSSR count). The summed E-state index contributed by atoms with van der Waals surface area (Å²) >= 11 is 3.38. The highest BCUT2D eigenvalue weighted by molar-refractivity contribution is 8.15. The van der Waals surface area contributed by atoms with Crippen LogP contribution in [0.5, 0.6) is 0 Å². The van der Waals surface area contributed by atoms with Crippen LogP contribution < -0.4 is 0 Å². The fourth-order valence-corrected chi connectivity index (χ4v) is 2.91. The minimum atomic E-state index is -0.0193. The number of thioether (sulfide) groups is 2. The van der Waals surface area contributed by atoms with Crippen molar-refractivity contribution < 1.29 is 9.53 Å². The first-order chi connectivity index (χ1) is 5.86. The summed E-state index contributed by atoms with van der Waals surface area (Å²) in [7, 11) is 0. The maximum Gasteiger partial charge on any atom is 0.256 e. The van der Waals surface area contributed by atoms with Gasteiger partial charge in [0.15, 0.2) is 0 Å². The molecule has 5 heteroatoms. The largest absolute Gasteiger partial charge is 0.370 e. The molecule has 3 nitrogen and oxygen atoms in total. The van der Waals surface area contributed by atoms with Crippen molar-refractivity contribution in [1.29, 1.82) is 0 Å². The Morgan fingerprint density at radius 2 is 2.50 bits per heavy atom. The van der Waals surface area contributed by atoms with Crippen molar-refractivity contribution in [3.8, 4) is 0 Å². The number of ether oxygens (including phenoxy) is 1. The Labute approximate surface area is 79.3 Å². The lowest BCUT2D eigenvalue weighted by molar-refractivity contribution is -0.115. The van der Waals surface area contributed by atoms with Gasteiger partial charge in [-0.1, -0.05) is 11.8 Å². The Balaban J connectivity index is 1.99. The predicted octanol–water partition coefficient (Wildman–Crippen LogP) is 0.790. The van der Waals surface area contributed by atoms with Crippen LogP contribution in [0.15, 0.2) is 4.99 Å². The first kappa shape index (κ1) is 8.59. The Morgan fingerprint density at radius 3 is 3.08 bits per heavy atom. The zero-order valence-electron chi connectivity index (χ0n) is 6.49. The summed E-state index contributed by atoms with van der Waals surface area (Å²) in [6.45, 7) is 0.781. The number of hydrogen-bond acceptors (Lipinski definition) is 4. The van der Waals surface area contributed by atoms with E-state index >= 15 is 0 Å². The molecule has 0 spiro atoms. The van der Waals surface area contributed by atoms with Gasteiger partial charge in [0.05, 0.1) is 12.4 Å². The summed E-state index contributed by atoms with van der Waals surface area (Å²) in [5, 5.41) is 0.882. The van der Waals surface area contributed by atoms with Crippen LogP contribution in [-0.2, 0) is 9.53 Å². The molecule has 0 aromatic rings. The van der Waals surface area contributed by atoms with Crippen molar-refractivity contribution in [2.24, 2.45) is 4.99 Å². The van der Waals surface area contributed by atoms with Crippen molar-refractivity contribution in [2.75, 3.05) is 23.9 Å². The molecule has 0 N–H and O–H groups in total. The van der Waals surface area contributed by atoms with Gasteiger partial charge in [0.2, 0.25) is 0 Å². The molecule has 1 amide bonds. The lowest BCUT2D eigenvalue weighted by Gasteiger charge is -2.21. The second kappa shape index (κ2) is 3.81. The normalized spacial score (nSPS) is 30.5. The Hall–Kier alpha value is -0.0000000000000000833. The molecule has 0 aromatic heterocycles. The maximum atomic E-state index is 10.8. The molecule has 12 heavy (non-hydrogen) atoms. The second-order valence-electron chi connectivity index (χ2n) is 2.57. The summed E-state index contributed by atoms with van der Waals surface area (Å²) in [6, 6.07) is 0. The van der Waals surface area contributed by atoms with Crippen molar-refractivity contribution in [3.05, 3.63) is 0 Å². The molecule has 0 aromatic carbocycles. The molecule has 66 valence electrons. The van der Waals surface area contributed by atoms with E-state index in [4.69, 9.17) is 4.74 Å². The van der Waals surface area contributed by atoms with Gasteiger partial charge in [0, 0.05) is 11.5 Å². The van der Waals surface area contributed by atoms with Gasteiger partial charge < -0.3 is 4.74 Å². The van der Waals surface area contributed by atoms with Gasteiger partial charge in [0.25, 0.3) is 5.91 Å². The minimum absolute atomic E-state index is 0.0193. The van der Waals surface area contributed by atoms with Crippen LogP contribution in [0.25, 0.3) is 0 Å². The topological polar surface area (TPSA) is 38.7 Å². The van der Waals surface area contributed by atoms with E-state index in [0.717, 1.165) is 23.2 Å². The molecule has 1 saturated heterocycles. The van der Waals surface area contributed by atoms with Gasteiger partial charge in [-0.25, -0.2) is 4.99 Å². The molecule has 2 heterocycles. The number of amides is 1. The number of hydrogen-bond donors (Lipinski definition) is 0. The van der Waals surface area contributed by atoms with Crippen LogP contribution in [0.3, 0.4) is 0 Å². The van der Waals surface area contributed by atoms with E-state index in [1.165, 1.54) is 11.8 Å². The van der Waals surface area contributed by atoms with Crippen LogP contribution in [0.1, 0.15) is 0 Å². The highest BCUT2D eigenvalue weighted by Crippen LogP contribution is 2.23. The molecule has 0 bridgehead atoms. The van der Waals surface area contributed by atoms with Crippen molar-refractivity contribution >= 4 is 34.5 Å². The number of nitrogens with zero attached hydrogens (tertiary/aromatic N) is 1. The van der Waals surface area contributed by atoms with E-state index in [1.807, 2.05) is 11.8 Å². The smallest absolute Gasteiger partial charge is 0.256 e. The van der Waals surface area contributed by atoms with Gasteiger partial charge in [-0.05, 0) is 0 Å². The summed E-state index contributed by atoms with van der Waals surface area (Å²) in [6.07, 6.45) is 0.0835. The fraction of sp³-hybridized carbons (Fsp3) is 0.714. The molecule has 0 aliphatic carbocycles. The van der Waals surface area contributed by atoms with Gasteiger partial charge in [-0.3, -0.25) is 4.79 Å². The molecular formula is C7H9NO2S2. The molecule has 0 radical (unpaired) electrons. The van der Waals surface area contributed by atoms with E-state index in [9.17, 15) is 4.79 Å². The molecular weight excluding hydrogens is 194 g/mol. The van der Waals surface area contributed by atoms with Gasteiger partial charge in [0.1, 0.15) is 11.1 Å². The zero-order valence-corrected chi connectivity index (χ0v) is 8.12. The lowest BCUT2D eigenvalue weighted by Crippen LogP contribution is -2.28. The molecule has 0 saturated carbocycles. The Morgan fingerprint density at radius 1 is 1.58 bits per heavy atom. The lowest BCUT2D eigenvalue weighted by atomic mass is 10.4. The van der Waals surface area contributed by atoms with Gasteiger partial charge in [-0.2, -0.15) is 11.8 Å². The monoisotopic (exact) mass is 203 g/mol. The summed E-state index contributed by atoms with van der Waals surface area (Å²) in [4.78, 5) is 14.7. The minimum Gasteiger partial charge on any atom is -0.370 e. The average Bonchev–Trinajstić information content (AvgIpc) is 2.54. The van der Waals surface area contributed by atoms with Gasteiger partial charge in [-0.15, -0.1) is 0 Å². The van der Waals surface area contributed by atoms with Crippen LogP contribution in [0.2, 0.25) is 0 Å². The van der Waals surface area contributed by atoms with Gasteiger partial charge >= 0.3 is 0 Å². The zero-order chi connectivity index (χ0) is 8.39. The number of carbonyl (C=O) groups is 1. The van der Waals surface area contributed by atoms with Crippen molar-refractivity contribution in [3.63, 3.8) is 0 Å².